The van der Waals surface area contributed by atoms with Crippen molar-refractivity contribution in [1.82, 2.24) is 0 Å². The summed E-state index contributed by atoms with van der Waals surface area (Å²) in [5.74, 6) is -0.116. The Morgan fingerprint density at radius 2 is 2.00 bits per heavy atom. The highest BCUT2D eigenvalue weighted by Crippen LogP contribution is 2.25. The van der Waals surface area contributed by atoms with Gasteiger partial charge in [0, 0.05) is 0 Å². The fraction of sp³-hybridized carbons (Fsp3) is 0.222. The molecule has 0 saturated carbocycles. The smallest absolute Gasteiger partial charge is 0.157 e. The number of phenols is 2. The third kappa shape index (κ3) is 1.87. The molecule has 0 aromatic heterocycles. The van der Waals surface area contributed by atoms with E-state index in [9.17, 15) is 0 Å². The molecule has 1 aromatic carbocycles. The van der Waals surface area contributed by atoms with Crippen LogP contribution < -0.4 is 0 Å². The fourth-order valence-electron chi connectivity index (χ4n) is 0.932. The molecule has 0 bridgehead atoms. The zero-order chi connectivity index (χ0) is 8.27. The monoisotopic (exact) mass is 151 g/mol. The third-order valence-electron chi connectivity index (χ3n) is 1.48. The Hall–Kier alpha value is -1.18. The lowest BCUT2D eigenvalue weighted by Crippen LogP contribution is -1.82. The summed E-state index contributed by atoms with van der Waals surface area (Å²) >= 11 is 0. The highest BCUT2D eigenvalue weighted by molar-refractivity contribution is 5.40. The van der Waals surface area contributed by atoms with E-state index in [0.29, 0.717) is 0 Å². The van der Waals surface area contributed by atoms with E-state index >= 15 is 0 Å². The molecule has 59 valence electrons. The van der Waals surface area contributed by atoms with Gasteiger partial charge in [-0.25, -0.2) is 0 Å². The second-order valence-corrected chi connectivity index (χ2v) is 2.44. The number of phenolic OH excluding ortho intramolecular Hbond substituents is 2. The SMILES string of the molecule is C[CH]Cc1ccc(O)c(O)c1. The molecule has 1 rings (SSSR count). The zero-order valence-electron chi connectivity index (χ0n) is 6.41. The van der Waals surface area contributed by atoms with Gasteiger partial charge in [0.25, 0.3) is 0 Å². The van der Waals surface area contributed by atoms with Crippen LogP contribution in [0.15, 0.2) is 18.2 Å². The van der Waals surface area contributed by atoms with E-state index in [2.05, 4.69) is 0 Å². The number of aromatic hydroxyl groups is 2. The summed E-state index contributed by atoms with van der Waals surface area (Å²) < 4.78 is 0. The summed E-state index contributed by atoms with van der Waals surface area (Å²) in [7, 11) is 0. The molecule has 2 heteroatoms. The molecule has 0 heterocycles. The van der Waals surface area contributed by atoms with Crippen molar-refractivity contribution in [3.05, 3.63) is 30.2 Å². The van der Waals surface area contributed by atoms with Crippen molar-refractivity contribution < 1.29 is 10.2 Å². The minimum absolute atomic E-state index is 0.0515. The van der Waals surface area contributed by atoms with E-state index in [1.165, 1.54) is 6.07 Å². The number of rotatable bonds is 2. The topological polar surface area (TPSA) is 40.5 Å². The van der Waals surface area contributed by atoms with Crippen LogP contribution in [0.1, 0.15) is 12.5 Å². The highest BCUT2D eigenvalue weighted by atomic mass is 16.3. The van der Waals surface area contributed by atoms with Gasteiger partial charge in [-0.1, -0.05) is 13.0 Å². The van der Waals surface area contributed by atoms with Gasteiger partial charge in [0.15, 0.2) is 11.5 Å². The Bertz CT molecular complexity index is 243. The molecular weight excluding hydrogens is 140 g/mol. The predicted octanol–water partition coefficient (Wildman–Crippen LogP) is 1.86. The van der Waals surface area contributed by atoms with Gasteiger partial charge in [0.1, 0.15) is 0 Å². The first-order valence-corrected chi connectivity index (χ1v) is 3.52. The van der Waals surface area contributed by atoms with Gasteiger partial charge < -0.3 is 10.2 Å². The van der Waals surface area contributed by atoms with E-state index in [1.807, 2.05) is 13.3 Å². The minimum Gasteiger partial charge on any atom is -0.504 e. The van der Waals surface area contributed by atoms with Crippen molar-refractivity contribution in [2.24, 2.45) is 0 Å². The molecule has 0 saturated heterocycles. The largest absolute Gasteiger partial charge is 0.504 e. The molecule has 1 aromatic rings. The van der Waals surface area contributed by atoms with Crippen LogP contribution >= 0.6 is 0 Å². The molecule has 0 unspecified atom stereocenters. The predicted molar refractivity (Wildman–Crippen MR) is 43.4 cm³/mol. The molecule has 0 fully saturated rings. The van der Waals surface area contributed by atoms with E-state index in [1.54, 1.807) is 12.1 Å². The molecule has 11 heavy (non-hydrogen) atoms. The Kier molecular flexibility index (Phi) is 2.36. The fourth-order valence-corrected chi connectivity index (χ4v) is 0.932. The minimum atomic E-state index is -0.0650. The first-order valence-electron chi connectivity index (χ1n) is 3.52. The van der Waals surface area contributed by atoms with Gasteiger partial charge in [-0.3, -0.25) is 0 Å². The summed E-state index contributed by atoms with van der Waals surface area (Å²) in [6.45, 7) is 1.95. The van der Waals surface area contributed by atoms with Crippen LogP contribution in [-0.2, 0) is 6.42 Å². The molecule has 0 amide bonds. The number of hydrogen-bond acceptors (Lipinski definition) is 2. The van der Waals surface area contributed by atoms with Gasteiger partial charge in [-0.2, -0.15) is 0 Å². The quantitative estimate of drug-likeness (QED) is 0.633. The summed E-state index contributed by atoms with van der Waals surface area (Å²) in [4.78, 5) is 0. The van der Waals surface area contributed by atoms with Crippen LogP contribution in [-0.4, -0.2) is 10.2 Å². The molecule has 0 spiro atoms. The molecule has 0 aliphatic heterocycles. The average Bonchev–Trinajstić information content (AvgIpc) is 1.98. The normalized spacial score (nSPS) is 9.91. The maximum absolute atomic E-state index is 9.06. The van der Waals surface area contributed by atoms with Gasteiger partial charge >= 0.3 is 0 Å². The molecule has 1 radical (unpaired) electrons. The van der Waals surface area contributed by atoms with Gasteiger partial charge in [-0.15, -0.1) is 0 Å². The van der Waals surface area contributed by atoms with Crippen molar-refractivity contribution >= 4 is 0 Å². The summed E-state index contributed by atoms with van der Waals surface area (Å²) in [6.07, 6.45) is 2.81. The number of benzene rings is 1. The van der Waals surface area contributed by atoms with Gasteiger partial charge in [0.2, 0.25) is 0 Å². The van der Waals surface area contributed by atoms with Crippen LogP contribution in [0.2, 0.25) is 0 Å². The van der Waals surface area contributed by atoms with Crippen molar-refractivity contribution in [3.8, 4) is 11.5 Å². The van der Waals surface area contributed by atoms with Crippen molar-refractivity contribution in [2.75, 3.05) is 0 Å². The lowest BCUT2D eigenvalue weighted by molar-refractivity contribution is 0.403. The molecular formula is C9H11O2. The first kappa shape index (κ1) is 7.92. The Labute approximate surface area is 66.1 Å². The Morgan fingerprint density at radius 3 is 2.55 bits per heavy atom. The Morgan fingerprint density at radius 1 is 1.27 bits per heavy atom. The van der Waals surface area contributed by atoms with Gasteiger partial charge in [-0.05, 0) is 30.5 Å². The van der Waals surface area contributed by atoms with Crippen LogP contribution in [0.5, 0.6) is 11.5 Å². The molecule has 0 atom stereocenters. The second-order valence-electron chi connectivity index (χ2n) is 2.44. The molecule has 0 aliphatic carbocycles. The first-order chi connectivity index (χ1) is 5.24. The third-order valence-corrected chi connectivity index (χ3v) is 1.48. The molecule has 2 nitrogen and oxygen atoms in total. The van der Waals surface area contributed by atoms with E-state index < -0.39 is 0 Å². The van der Waals surface area contributed by atoms with E-state index in [-0.39, 0.29) is 11.5 Å². The number of hydrogen-bond donors (Lipinski definition) is 2. The maximum atomic E-state index is 9.06. The Balaban J connectivity index is 2.86. The summed E-state index contributed by atoms with van der Waals surface area (Å²) in [5, 5.41) is 18.0. The average molecular weight is 151 g/mol. The van der Waals surface area contributed by atoms with Crippen molar-refractivity contribution in [2.45, 2.75) is 13.3 Å². The lowest BCUT2D eigenvalue weighted by atomic mass is 10.1. The van der Waals surface area contributed by atoms with Gasteiger partial charge in [0.05, 0.1) is 0 Å². The zero-order valence-corrected chi connectivity index (χ0v) is 6.41. The van der Waals surface area contributed by atoms with Crippen molar-refractivity contribution in [3.63, 3.8) is 0 Å². The van der Waals surface area contributed by atoms with Crippen molar-refractivity contribution in [1.29, 1.82) is 0 Å². The molecule has 2 N–H and O–H groups in total. The van der Waals surface area contributed by atoms with Crippen LogP contribution in [0.4, 0.5) is 0 Å². The van der Waals surface area contributed by atoms with Crippen LogP contribution in [0, 0.1) is 6.42 Å². The summed E-state index contributed by atoms with van der Waals surface area (Å²) in [6, 6.07) is 4.85. The van der Waals surface area contributed by atoms with E-state index in [0.717, 1.165) is 12.0 Å². The van der Waals surface area contributed by atoms with Crippen LogP contribution in [0.25, 0.3) is 0 Å². The lowest BCUT2D eigenvalue weighted by Gasteiger charge is -2.00. The standard InChI is InChI=1S/C9H11O2/c1-2-3-7-4-5-8(10)9(11)6-7/h2,4-6,10-11H,3H2,1H3. The maximum Gasteiger partial charge on any atom is 0.157 e. The molecule has 0 aliphatic rings. The second kappa shape index (κ2) is 3.28. The summed E-state index contributed by atoms with van der Waals surface area (Å²) in [5.41, 5.74) is 1.00. The van der Waals surface area contributed by atoms with Crippen LogP contribution in [0.3, 0.4) is 0 Å². The van der Waals surface area contributed by atoms with E-state index in [4.69, 9.17) is 10.2 Å². The highest BCUT2D eigenvalue weighted by Gasteiger charge is 1.98.